The Balaban J connectivity index is 1.66. The number of carbonyl (C=O) groups excluding carboxylic acids is 2. The van der Waals surface area contributed by atoms with Gasteiger partial charge in [-0.25, -0.2) is 0 Å². The van der Waals surface area contributed by atoms with Gasteiger partial charge in [0, 0.05) is 17.6 Å². The number of fused-ring (bicyclic) bond motifs is 2. The van der Waals surface area contributed by atoms with E-state index in [1.165, 1.54) is 6.42 Å². The van der Waals surface area contributed by atoms with E-state index in [4.69, 9.17) is 5.73 Å². The number of amides is 2. The van der Waals surface area contributed by atoms with E-state index in [9.17, 15) is 9.59 Å². The molecule has 4 N–H and O–H groups in total. The summed E-state index contributed by atoms with van der Waals surface area (Å²) in [4.78, 5) is 25.5. The Hall–Kier alpha value is -1.88. The summed E-state index contributed by atoms with van der Waals surface area (Å²) in [5.41, 5.74) is 6.76. The Labute approximate surface area is 156 Å². The van der Waals surface area contributed by atoms with Crippen molar-refractivity contribution in [2.24, 2.45) is 23.5 Å². The molecule has 1 aromatic rings. The lowest BCUT2D eigenvalue weighted by atomic mass is 9.67. The van der Waals surface area contributed by atoms with Gasteiger partial charge in [-0.15, -0.1) is 0 Å². The van der Waals surface area contributed by atoms with Crippen molar-refractivity contribution >= 4 is 11.8 Å². The molecule has 2 amide bonds. The van der Waals surface area contributed by atoms with E-state index in [1.54, 1.807) is 12.1 Å². The van der Waals surface area contributed by atoms with Crippen molar-refractivity contribution < 1.29 is 9.59 Å². The first-order valence-corrected chi connectivity index (χ1v) is 9.87. The summed E-state index contributed by atoms with van der Waals surface area (Å²) in [6.07, 6.45) is 5.48. The fourth-order valence-electron chi connectivity index (χ4n) is 4.63. The van der Waals surface area contributed by atoms with Gasteiger partial charge in [-0.2, -0.15) is 0 Å². The van der Waals surface area contributed by atoms with Gasteiger partial charge < -0.3 is 16.4 Å². The van der Waals surface area contributed by atoms with Gasteiger partial charge in [0.1, 0.15) is 6.04 Å². The van der Waals surface area contributed by atoms with Crippen LogP contribution in [0, 0.1) is 17.8 Å². The van der Waals surface area contributed by atoms with Crippen LogP contribution in [0.3, 0.4) is 0 Å². The van der Waals surface area contributed by atoms with E-state index in [-0.39, 0.29) is 29.8 Å². The Bertz CT molecular complexity index is 617. The average molecular weight is 357 g/mol. The molecule has 3 unspecified atom stereocenters. The highest BCUT2D eigenvalue weighted by Gasteiger charge is 2.41. The van der Waals surface area contributed by atoms with Crippen molar-refractivity contribution in [1.82, 2.24) is 10.6 Å². The van der Waals surface area contributed by atoms with Crippen LogP contribution < -0.4 is 16.4 Å². The molecule has 2 saturated carbocycles. The van der Waals surface area contributed by atoms with Crippen molar-refractivity contribution in [3.8, 4) is 0 Å². The monoisotopic (exact) mass is 357 g/mol. The summed E-state index contributed by atoms with van der Waals surface area (Å²) in [6.45, 7) is 3.93. The first-order valence-electron chi connectivity index (χ1n) is 9.87. The average Bonchev–Trinajstić information content (AvgIpc) is 2.60. The highest BCUT2D eigenvalue weighted by molar-refractivity contribution is 5.97. The summed E-state index contributed by atoms with van der Waals surface area (Å²) in [5.74, 6) is 0.693. The van der Waals surface area contributed by atoms with Gasteiger partial charge in [0.25, 0.3) is 5.91 Å². The van der Waals surface area contributed by atoms with Gasteiger partial charge in [0.2, 0.25) is 5.91 Å². The predicted octanol–water partition coefficient (Wildman–Crippen LogP) is 2.46. The van der Waals surface area contributed by atoms with Gasteiger partial charge in [-0.1, -0.05) is 38.5 Å². The molecule has 0 heterocycles. The lowest BCUT2D eigenvalue weighted by molar-refractivity contribution is -0.126. The van der Waals surface area contributed by atoms with Crippen LogP contribution in [-0.4, -0.2) is 29.9 Å². The van der Waals surface area contributed by atoms with Gasteiger partial charge >= 0.3 is 0 Å². The summed E-state index contributed by atoms with van der Waals surface area (Å²) < 4.78 is 0. The lowest BCUT2D eigenvalue weighted by Gasteiger charge is -2.45. The maximum atomic E-state index is 13.0. The molecule has 2 bridgehead atoms. The quantitative estimate of drug-likeness (QED) is 0.757. The molecule has 0 aromatic heterocycles. The van der Waals surface area contributed by atoms with Crippen LogP contribution in [0.5, 0.6) is 0 Å². The van der Waals surface area contributed by atoms with Gasteiger partial charge in [-0.3, -0.25) is 9.59 Å². The van der Waals surface area contributed by atoms with Crippen molar-refractivity contribution in [1.29, 1.82) is 0 Å². The maximum Gasteiger partial charge on any atom is 0.251 e. The zero-order valence-corrected chi connectivity index (χ0v) is 15.8. The highest BCUT2D eigenvalue weighted by atomic mass is 16.2. The molecule has 5 nitrogen and oxygen atoms in total. The molecule has 0 aliphatic heterocycles. The minimum atomic E-state index is -0.529. The molecule has 2 fully saturated rings. The summed E-state index contributed by atoms with van der Waals surface area (Å²) >= 11 is 0. The van der Waals surface area contributed by atoms with E-state index in [0.717, 1.165) is 25.7 Å². The van der Waals surface area contributed by atoms with Gasteiger partial charge in [0.05, 0.1) is 0 Å². The molecular formula is C21H31N3O2. The second kappa shape index (κ2) is 8.21. The molecule has 26 heavy (non-hydrogen) atoms. The van der Waals surface area contributed by atoms with Crippen molar-refractivity contribution in [2.75, 3.05) is 0 Å². The number of carbonyl (C=O) groups is 2. The Morgan fingerprint density at radius 3 is 2.27 bits per heavy atom. The molecule has 2 aliphatic rings. The number of nitrogens with two attached hydrogens (primary N) is 1. The maximum absolute atomic E-state index is 13.0. The Morgan fingerprint density at radius 2 is 1.69 bits per heavy atom. The molecule has 142 valence electrons. The Morgan fingerprint density at radius 1 is 1.08 bits per heavy atom. The SMILES string of the molecule is CC(C)C(NC(=O)c1ccccc1)C(=O)NC1C2CCCC1CC(N)C2. The molecule has 0 saturated heterocycles. The van der Waals surface area contributed by atoms with Crippen LogP contribution in [-0.2, 0) is 4.79 Å². The number of hydrogen-bond donors (Lipinski definition) is 3. The second-order valence-corrected chi connectivity index (χ2v) is 8.28. The molecule has 3 atom stereocenters. The summed E-state index contributed by atoms with van der Waals surface area (Å²) in [5, 5.41) is 6.19. The molecular weight excluding hydrogens is 326 g/mol. The van der Waals surface area contributed by atoms with Crippen LogP contribution in [0.1, 0.15) is 56.3 Å². The molecule has 2 aliphatic carbocycles. The zero-order valence-electron chi connectivity index (χ0n) is 15.8. The van der Waals surface area contributed by atoms with E-state index < -0.39 is 6.04 Å². The molecule has 5 heteroatoms. The van der Waals surface area contributed by atoms with Crippen LogP contribution in [0.15, 0.2) is 30.3 Å². The van der Waals surface area contributed by atoms with Gasteiger partial charge in [-0.05, 0) is 55.6 Å². The summed E-state index contributed by atoms with van der Waals surface area (Å²) in [7, 11) is 0. The first kappa shape index (κ1) is 18.9. The minimum Gasteiger partial charge on any atom is -0.351 e. The molecule has 0 radical (unpaired) electrons. The third-order valence-electron chi connectivity index (χ3n) is 5.96. The first-order chi connectivity index (χ1) is 12.5. The third-order valence-corrected chi connectivity index (χ3v) is 5.96. The van der Waals surface area contributed by atoms with E-state index in [0.29, 0.717) is 17.4 Å². The van der Waals surface area contributed by atoms with Crippen molar-refractivity contribution in [3.63, 3.8) is 0 Å². The summed E-state index contributed by atoms with van der Waals surface area (Å²) in [6, 6.07) is 8.98. The topological polar surface area (TPSA) is 84.2 Å². The fourth-order valence-corrected chi connectivity index (χ4v) is 4.63. The second-order valence-electron chi connectivity index (χ2n) is 8.28. The van der Waals surface area contributed by atoms with Crippen molar-refractivity contribution in [2.45, 2.75) is 64.1 Å². The number of rotatable bonds is 5. The van der Waals surface area contributed by atoms with Gasteiger partial charge in [0.15, 0.2) is 0 Å². The molecule has 3 rings (SSSR count). The minimum absolute atomic E-state index is 0.0216. The smallest absolute Gasteiger partial charge is 0.251 e. The van der Waals surface area contributed by atoms with E-state index in [2.05, 4.69) is 10.6 Å². The van der Waals surface area contributed by atoms with Crippen LogP contribution in [0.4, 0.5) is 0 Å². The fraction of sp³-hybridized carbons (Fsp3) is 0.619. The van der Waals surface area contributed by atoms with Crippen molar-refractivity contribution in [3.05, 3.63) is 35.9 Å². The highest BCUT2D eigenvalue weighted by Crippen LogP contribution is 2.39. The van der Waals surface area contributed by atoms with Crippen LogP contribution in [0.2, 0.25) is 0 Å². The lowest BCUT2D eigenvalue weighted by Crippen LogP contribution is -2.58. The van der Waals surface area contributed by atoms with E-state index >= 15 is 0 Å². The Kier molecular flexibility index (Phi) is 5.97. The van der Waals surface area contributed by atoms with E-state index in [1.807, 2.05) is 32.0 Å². The predicted molar refractivity (Wildman–Crippen MR) is 103 cm³/mol. The number of nitrogens with one attached hydrogen (secondary N) is 2. The molecule has 0 spiro atoms. The standard InChI is InChI=1S/C21H31N3O2/c1-13(2)18(23-20(25)14-7-4-3-5-8-14)21(26)24-19-15-9-6-10-16(19)12-17(22)11-15/h3-5,7-8,13,15-19H,6,9-12,22H2,1-2H3,(H,23,25)(H,24,26). The van der Waals surface area contributed by atoms with Crippen LogP contribution >= 0.6 is 0 Å². The normalized spacial score (nSPS) is 29.1. The third kappa shape index (κ3) is 4.26. The molecule has 1 aromatic carbocycles. The number of hydrogen-bond acceptors (Lipinski definition) is 3. The largest absolute Gasteiger partial charge is 0.351 e. The zero-order chi connectivity index (χ0) is 18.7. The van der Waals surface area contributed by atoms with Crippen LogP contribution in [0.25, 0.3) is 0 Å². The number of benzene rings is 1.